The molecular formula is C13H11FO. The van der Waals surface area contributed by atoms with Crippen molar-refractivity contribution < 1.29 is 8.81 Å². The largest absolute Gasteiger partial charge is 0.458 e. The highest BCUT2D eigenvalue weighted by atomic mass is 19.1. The molecular weight excluding hydrogens is 191 g/mol. The van der Waals surface area contributed by atoms with Gasteiger partial charge in [0, 0.05) is 17.5 Å². The first-order valence-corrected chi connectivity index (χ1v) is 5.19. The van der Waals surface area contributed by atoms with E-state index < -0.39 is 0 Å². The summed E-state index contributed by atoms with van der Waals surface area (Å²) >= 11 is 0. The van der Waals surface area contributed by atoms with Gasteiger partial charge in [-0.15, -0.1) is 0 Å². The Balaban J connectivity index is 2.04. The van der Waals surface area contributed by atoms with Crippen molar-refractivity contribution in [3.63, 3.8) is 0 Å². The zero-order valence-electron chi connectivity index (χ0n) is 8.24. The molecule has 0 amide bonds. The first kappa shape index (κ1) is 8.72. The topological polar surface area (TPSA) is 13.1 Å². The normalized spacial score (nSPS) is 15.5. The first-order valence-electron chi connectivity index (χ1n) is 5.19. The Morgan fingerprint density at radius 2 is 1.87 bits per heavy atom. The lowest BCUT2D eigenvalue weighted by molar-refractivity contribution is 0.510. The van der Waals surface area contributed by atoms with E-state index in [2.05, 4.69) is 0 Å². The third-order valence-corrected chi connectivity index (χ3v) is 2.72. The maximum Gasteiger partial charge on any atom is 0.169 e. The van der Waals surface area contributed by atoms with Crippen LogP contribution >= 0.6 is 0 Å². The highest BCUT2D eigenvalue weighted by Gasteiger charge is 2.28. The summed E-state index contributed by atoms with van der Waals surface area (Å²) in [5.74, 6) is 1.38. The molecule has 1 heterocycles. The molecule has 76 valence electrons. The molecule has 1 aromatic carbocycles. The molecule has 0 spiro atoms. The fourth-order valence-corrected chi connectivity index (χ4v) is 1.74. The molecule has 0 N–H and O–H groups in total. The molecule has 0 bridgehead atoms. The molecule has 1 nitrogen and oxygen atoms in total. The average Bonchev–Trinajstić information content (AvgIpc) is 3.04. The second-order valence-electron chi connectivity index (χ2n) is 3.97. The maximum absolute atomic E-state index is 13.6. The first-order chi connectivity index (χ1) is 7.34. The van der Waals surface area contributed by atoms with E-state index in [1.165, 1.54) is 6.07 Å². The highest BCUT2D eigenvalue weighted by molar-refractivity contribution is 5.58. The van der Waals surface area contributed by atoms with Crippen LogP contribution in [-0.4, -0.2) is 0 Å². The van der Waals surface area contributed by atoms with Crippen molar-refractivity contribution in [1.82, 2.24) is 0 Å². The van der Waals surface area contributed by atoms with E-state index >= 15 is 0 Å². The second kappa shape index (κ2) is 3.23. The van der Waals surface area contributed by atoms with Gasteiger partial charge in [-0.05, 0) is 12.8 Å². The zero-order valence-corrected chi connectivity index (χ0v) is 8.24. The number of furan rings is 1. The Bertz CT molecular complexity index is 469. The lowest BCUT2D eigenvalue weighted by atomic mass is 10.2. The van der Waals surface area contributed by atoms with Gasteiger partial charge < -0.3 is 4.42 Å². The average molecular weight is 202 g/mol. The molecule has 1 aliphatic carbocycles. The summed E-state index contributed by atoms with van der Waals surface area (Å²) in [6.45, 7) is 0. The molecule has 1 aromatic heterocycles. The Morgan fingerprint density at radius 1 is 1.13 bits per heavy atom. The van der Waals surface area contributed by atoms with E-state index in [-0.39, 0.29) is 5.82 Å². The van der Waals surface area contributed by atoms with E-state index in [0.29, 0.717) is 11.7 Å². The fourth-order valence-electron chi connectivity index (χ4n) is 1.74. The van der Waals surface area contributed by atoms with Gasteiger partial charge in [-0.1, -0.05) is 30.3 Å². The summed E-state index contributed by atoms with van der Waals surface area (Å²) in [6.07, 6.45) is 2.25. The second-order valence-corrected chi connectivity index (χ2v) is 3.97. The molecule has 1 fully saturated rings. The summed E-state index contributed by atoms with van der Waals surface area (Å²) in [4.78, 5) is 0. The number of hydrogen-bond acceptors (Lipinski definition) is 1. The number of hydrogen-bond donors (Lipinski definition) is 0. The minimum atomic E-state index is -0.247. The molecule has 15 heavy (non-hydrogen) atoms. The maximum atomic E-state index is 13.6. The van der Waals surface area contributed by atoms with Crippen LogP contribution in [-0.2, 0) is 0 Å². The lowest BCUT2D eigenvalue weighted by Gasteiger charge is -1.95. The van der Waals surface area contributed by atoms with E-state index in [1.54, 1.807) is 0 Å². The summed E-state index contributed by atoms with van der Waals surface area (Å²) in [7, 11) is 0. The third-order valence-electron chi connectivity index (χ3n) is 2.72. The van der Waals surface area contributed by atoms with Crippen LogP contribution in [0.3, 0.4) is 0 Å². The zero-order chi connectivity index (χ0) is 10.3. The predicted molar refractivity (Wildman–Crippen MR) is 56.1 cm³/mol. The van der Waals surface area contributed by atoms with Gasteiger partial charge in [0.1, 0.15) is 5.76 Å². The van der Waals surface area contributed by atoms with Gasteiger partial charge in [0.05, 0.1) is 0 Å². The quantitative estimate of drug-likeness (QED) is 0.718. The number of benzene rings is 1. The Hall–Kier alpha value is -1.57. The van der Waals surface area contributed by atoms with Crippen molar-refractivity contribution in [1.29, 1.82) is 0 Å². The standard InChI is InChI=1S/C13H11FO/c14-11-8-12(9-6-7-9)15-13(11)10-4-2-1-3-5-10/h1-5,8-9H,6-7H2. The van der Waals surface area contributed by atoms with Crippen LogP contribution in [0.1, 0.15) is 24.5 Å². The molecule has 1 saturated carbocycles. The van der Waals surface area contributed by atoms with E-state index in [0.717, 1.165) is 24.2 Å². The van der Waals surface area contributed by atoms with Crippen molar-refractivity contribution in [2.45, 2.75) is 18.8 Å². The molecule has 0 aliphatic heterocycles. The van der Waals surface area contributed by atoms with E-state index in [4.69, 9.17) is 4.42 Å². The van der Waals surface area contributed by atoms with Crippen molar-refractivity contribution in [2.75, 3.05) is 0 Å². The molecule has 2 heteroatoms. The van der Waals surface area contributed by atoms with Gasteiger partial charge >= 0.3 is 0 Å². The number of rotatable bonds is 2. The summed E-state index contributed by atoms with van der Waals surface area (Å²) in [5, 5.41) is 0. The summed E-state index contributed by atoms with van der Waals surface area (Å²) in [6, 6.07) is 10.9. The SMILES string of the molecule is Fc1cc(C2CC2)oc1-c1ccccc1. The Morgan fingerprint density at radius 3 is 2.53 bits per heavy atom. The van der Waals surface area contributed by atoms with Gasteiger partial charge in [0.2, 0.25) is 0 Å². The van der Waals surface area contributed by atoms with Gasteiger partial charge in [-0.3, -0.25) is 0 Å². The van der Waals surface area contributed by atoms with Gasteiger partial charge in [0.15, 0.2) is 11.6 Å². The molecule has 0 unspecified atom stereocenters. The lowest BCUT2D eigenvalue weighted by Crippen LogP contribution is -1.75. The van der Waals surface area contributed by atoms with Crippen LogP contribution in [0.4, 0.5) is 4.39 Å². The molecule has 0 radical (unpaired) electrons. The number of halogens is 1. The Kier molecular flexibility index (Phi) is 1.88. The summed E-state index contributed by atoms with van der Waals surface area (Å²) in [5.41, 5.74) is 0.807. The minimum absolute atomic E-state index is 0.247. The van der Waals surface area contributed by atoms with Gasteiger partial charge in [0.25, 0.3) is 0 Å². The summed E-state index contributed by atoms with van der Waals surface area (Å²) < 4.78 is 19.1. The molecule has 1 aliphatic rings. The van der Waals surface area contributed by atoms with Crippen LogP contribution in [0, 0.1) is 5.82 Å². The van der Waals surface area contributed by atoms with Crippen LogP contribution in [0.2, 0.25) is 0 Å². The van der Waals surface area contributed by atoms with Crippen LogP contribution in [0.5, 0.6) is 0 Å². The molecule has 2 aromatic rings. The van der Waals surface area contributed by atoms with E-state index in [9.17, 15) is 4.39 Å². The minimum Gasteiger partial charge on any atom is -0.458 e. The smallest absolute Gasteiger partial charge is 0.169 e. The van der Waals surface area contributed by atoms with Crippen molar-refractivity contribution in [3.8, 4) is 11.3 Å². The van der Waals surface area contributed by atoms with Crippen LogP contribution in [0.25, 0.3) is 11.3 Å². The van der Waals surface area contributed by atoms with E-state index in [1.807, 2.05) is 30.3 Å². The molecule has 0 saturated heterocycles. The van der Waals surface area contributed by atoms with Crippen LogP contribution < -0.4 is 0 Å². The monoisotopic (exact) mass is 202 g/mol. The van der Waals surface area contributed by atoms with Crippen LogP contribution in [0.15, 0.2) is 40.8 Å². The Labute approximate surface area is 87.5 Å². The van der Waals surface area contributed by atoms with Crippen molar-refractivity contribution >= 4 is 0 Å². The van der Waals surface area contributed by atoms with Gasteiger partial charge in [-0.25, -0.2) is 4.39 Å². The van der Waals surface area contributed by atoms with Crippen molar-refractivity contribution in [3.05, 3.63) is 48.0 Å². The fraction of sp³-hybridized carbons (Fsp3) is 0.231. The highest BCUT2D eigenvalue weighted by Crippen LogP contribution is 2.42. The molecule has 3 rings (SSSR count). The third kappa shape index (κ3) is 1.56. The predicted octanol–water partition coefficient (Wildman–Crippen LogP) is 3.96. The van der Waals surface area contributed by atoms with Crippen molar-refractivity contribution in [2.24, 2.45) is 0 Å². The molecule has 0 atom stereocenters. The van der Waals surface area contributed by atoms with Gasteiger partial charge in [-0.2, -0.15) is 0 Å².